The van der Waals surface area contributed by atoms with Crippen LogP contribution in [-0.4, -0.2) is 41.6 Å². The van der Waals surface area contributed by atoms with Gasteiger partial charge in [-0.05, 0) is 74.2 Å². The van der Waals surface area contributed by atoms with Gasteiger partial charge in [-0.25, -0.2) is 21.1 Å². The van der Waals surface area contributed by atoms with Crippen LogP contribution in [0.1, 0.15) is 30.4 Å². The van der Waals surface area contributed by atoms with Crippen LogP contribution in [-0.2, 0) is 24.8 Å². The molecule has 2 aromatic rings. The quantitative estimate of drug-likeness (QED) is 0.731. The first-order chi connectivity index (χ1) is 14.6. The van der Waals surface area contributed by atoms with E-state index in [2.05, 4.69) is 9.62 Å². The van der Waals surface area contributed by atoms with Gasteiger partial charge in [-0.2, -0.15) is 0 Å². The summed E-state index contributed by atoms with van der Waals surface area (Å²) in [4.78, 5) is 14.4. The molecular weight excluding hydrogens is 438 g/mol. The number of carbonyl (C=O) groups excluding carboxylic acids is 1. The first-order valence-corrected chi connectivity index (χ1v) is 13.2. The lowest BCUT2D eigenvalue weighted by Crippen LogP contribution is -2.29. The topological polar surface area (TPSA) is 104 Å². The maximum absolute atomic E-state index is 13.1. The van der Waals surface area contributed by atoms with Gasteiger partial charge in [0.1, 0.15) is 0 Å². The van der Waals surface area contributed by atoms with Crippen molar-refractivity contribution < 1.29 is 21.6 Å². The molecule has 31 heavy (non-hydrogen) atoms. The third-order valence-electron chi connectivity index (χ3n) is 5.62. The Morgan fingerprint density at radius 2 is 1.52 bits per heavy atom. The van der Waals surface area contributed by atoms with E-state index in [1.807, 2.05) is 12.1 Å². The van der Waals surface area contributed by atoms with E-state index in [1.54, 1.807) is 26.0 Å². The molecule has 0 atom stereocenters. The lowest BCUT2D eigenvalue weighted by molar-refractivity contribution is -0.116. The van der Waals surface area contributed by atoms with Gasteiger partial charge in [-0.15, -0.1) is 0 Å². The van der Waals surface area contributed by atoms with Crippen LogP contribution in [0.4, 0.5) is 17.1 Å². The molecule has 8 nitrogen and oxygen atoms in total. The Bertz CT molecular complexity index is 1210. The molecule has 10 heteroatoms. The number of aryl methyl sites for hydroxylation is 2. The Morgan fingerprint density at radius 1 is 0.935 bits per heavy atom. The van der Waals surface area contributed by atoms with Crippen LogP contribution in [0.2, 0.25) is 0 Å². The summed E-state index contributed by atoms with van der Waals surface area (Å²) in [5.41, 5.74) is 2.42. The van der Waals surface area contributed by atoms with Gasteiger partial charge in [0.2, 0.25) is 15.9 Å². The number of carbonyl (C=O) groups is 1. The molecule has 1 N–H and O–H groups in total. The molecular formula is C21H25N3O5S2. The van der Waals surface area contributed by atoms with Crippen LogP contribution >= 0.6 is 0 Å². The number of anilines is 3. The summed E-state index contributed by atoms with van der Waals surface area (Å²) in [6.07, 6.45) is 2.25. The molecule has 2 fully saturated rings. The smallest absolute Gasteiger partial charge is 0.262 e. The lowest BCUT2D eigenvalue weighted by atomic mass is 10.1. The van der Waals surface area contributed by atoms with E-state index in [4.69, 9.17) is 0 Å². The second-order valence-electron chi connectivity index (χ2n) is 7.98. The van der Waals surface area contributed by atoms with Gasteiger partial charge in [-0.1, -0.05) is 0 Å². The maximum atomic E-state index is 13.1. The van der Waals surface area contributed by atoms with Crippen LogP contribution in [0.15, 0.2) is 41.3 Å². The summed E-state index contributed by atoms with van der Waals surface area (Å²) in [5, 5.41) is 0. The summed E-state index contributed by atoms with van der Waals surface area (Å²) in [6, 6.07) is 10.1. The highest BCUT2D eigenvalue weighted by Gasteiger charge is 2.37. The van der Waals surface area contributed by atoms with Crippen molar-refractivity contribution >= 4 is 43.0 Å². The molecule has 2 aromatic carbocycles. The fourth-order valence-electron chi connectivity index (χ4n) is 4.26. The normalized spacial score (nSPS) is 18.6. The van der Waals surface area contributed by atoms with Crippen LogP contribution in [0, 0.1) is 13.8 Å². The predicted octanol–water partition coefficient (Wildman–Crippen LogP) is 2.77. The maximum Gasteiger partial charge on any atom is 0.262 e. The predicted molar refractivity (Wildman–Crippen MR) is 121 cm³/mol. The number of benzene rings is 2. The van der Waals surface area contributed by atoms with Crippen LogP contribution < -0.4 is 13.9 Å². The third-order valence-corrected chi connectivity index (χ3v) is 8.99. The zero-order valence-electron chi connectivity index (χ0n) is 17.5. The monoisotopic (exact) mass is 463 g/mol. The van der Waals surface area contributed by atoms with Crippen molar-refractivity contribution in [2.24, 2.45) is 0 Å². The molecule has 166 valence electrons. The molecule has 0 bridgehead atoms. The Kier molecular flexibility index (Phi) is 5.47. The molecule has 0 spiro atoms. The van der Waals surface area contributed by atoms with Gasteiger partial charge < -0.3 is 4.90 Å². The second-order valence-corrected chi connectivity index (χ2v) is 11.5. The van der Waals surface area contributed by atoms with E-state index < -0.39 is 26.0 Å². The molecule has 2 heterocycles. The Labute approximate surface area is 183 Å². The van der Waals surface area contributed by atoms with Crippen molar-refractivity contribution in [1.82, 2.24) is 0 Å². The molecule has 2 aliphatic rings. The molecule has 0 aliphatic carbocycles. The molecule has 2 saturated heterocycles. The number of nitrogens with zero attached hydrogens (tertiary/aromatic N) is 2. The van der Waals surface area contributed by atoms with Gasteiger partial charge in [0.25, 0.3) is 10.0 Å². The summed E-state index contributed by atoms with van der Waals surface area (Å²) in [7, 11) is -7.62. The average Bonchev–Trinajstić information content (AvgIpc) is 3.29. The number of hydrogen-bond donors (Lipinski definition) is 1. The number of hydrogen-bond acceptors (Lipinski definition) is 6. The molecule has 4 rings (SSSR count). The van der Waals surface area contributed by atoms with Gasteiger partial charge in [-0.3, -0.25) is 9.52 Å². The van der Waals surface area contributed by atoms with Crippen molar-refractivity contribution in [2.45, 2.75) is 38.0 Å². The first-order valence-electron chi connectivity index (χ1n) is 10.1. The van der Waals surface area contributed by atoms with E-state index in [1.165, 1.54) is 12.1 Å². The Hall–Kier alpha value is -2.59. The van der Waals surface area contributed by atoms with Gasteiger partial charge >= 0.3 is 0 Å². The number of sulfonamides is 2. The van der Waals surface area contributed by atoms with Gasteiger partial charge in [0, 0.05) is 30.9 Å². The minimum absolute atomic E-state index is 0.0731. The molecule has 0 unspecified atom stereocenters. The summed E-state index contributed by atoms with van der Waals surface area (Å²) in [6.45, 7) is 5.19. The van der Waals surface area contributed by atoms with Crippen LogP contribution in [0.5, 0.6) is 0 Å². The summed E-state index contributed by atoms with van der Waals surface area (Å²) < 4.78 is 54.0. The lowest BCUT2D eigenvalue weighted by Gasteiger charge is -2.20. The highest BCUT2D eigenvalue weighted by Crippen LogP contribution is 2.32. The van der Waals surface area contributed by atoms with Crippen LogP contribution in [0.25, 0.3) is 0 Å². The van der Waals surface area contributed by atoms with Crippen molar-refractivity contribution in [3.63, 3.8) is 0 Å². The zero-order chi connectivity index (χ0) is 22.4. The highest BCUT2D eigenvalue weighted by atomic mass is 32.2. The van der Waals surface area contributed by atoms with Crippen molar-refractivity contribution in [3.05, 3.63) is 47.5 Å². The number of rotatable bonds is 5. The van der Waals surface area contributed by atoms with Gasteiger partial charge in [0.05, 0.1) is 16.3 Å². The zero-order valence-corrected chi connectivity index (χ0v) is 19.1. The molecule has 2 aliphatic heterocycles. The Balaban J connectivity index is 1.61. The number of nitrogens with one attached hydrogen (secondary N) is 1. The van der Waals surface area contributed by atoms with Crippen molar-refractivity contribution in [2.75, 3.05) is 32.8 Å². The van der Waals surface area contributed by atoms with E-state index in [0.717, 1.165) is 35.9 Å². The van der Waals surface area contributed by atoms with Gasteiger partial charge in [0.15, 0.2) is 0 Å². The highest BCUT2D eigenvalue weighted by molar-refractivity contribution is 7.94. The summed E-state index contributed by atoms with van der Waals surface area (Å²) >= 11 is 0. The first kappa shape index (κ1) is 21.6. The second kappa shape index (κ2) is 7.83. The third kappa shape index (κ3) is 4.14. The minimum atomic E-state index is -3.91. The molecule has 0 radical (unpaired) electrons. The molecule has 0 aromatic heterocycles. The fraction of sp³-hybridized carbons (Fsp3) is 0.381. The van der Waals surface area contributed by atoms with E-state index in [9.17, 15) is 21.6 Å². The minimum Gasteiger partial charge on any atom is -0.372 e. The fourth-order valence-corrected chi connectivity index (χ4v) is 7.22. The van der Waals surface area contributed by atoms with E-state index in [-0.39, 0.29) is 22.8 Å². The molecule has 0 saturated carbocycles. The summed E-state index contributed by atoms with van der Waals surface area (Å²) in [5.74, 6) is -0.746. The van der Waals surface area contributed by atoms with Crippen molar-refractivity contribution in [1.29, 1.82) is 0 Å². The molecule has 1 amide bonds. The SMILES string of the molecule is Cc1cc(N2C(=O)CCS2(=O)=O)cc(C)c1S(=O)(=O)Nc1ccc(N2CCCC2)cc1. The Morgan fingerprint density at radius 3 is 2.03 bits per heavy atom. The standard InChI is InChI=1S/C21H25N3O5S2/c1-15-13-19(24-20(25)9-12-30(24,26)27)14-16(2)21(15)31(28,29)22-17-5-7-18(8-6-17)23-10-3-4-11-23/h5-8,13-14,22H,3-4,9-12H2,1-2H3. The van der Waals surface area contributed by atoms with Crippen molar-refractivity contribution in [3.8, 4) is 0 Å². The number of amides is 1. The van der Waals surface area contributed by atoms with E-state index in [0.29, 0.717) is 16.8 Å². The van der Waals surface area contributed by atoms with E-state index >= 15 is 0 Å². The largest absolute Gasteiger partial charge is 0.372 e. The average molecular weight is 464 g/mol. The van der Waals surface area contributed by atoms with Crippen LogP contribution in [0.3, 0.4) is 0 Å².